The Morgan fingerprint density at radius 1 is 1.17 bits per heavy atom. The van der Waals surface area contributed by atoms with Gasteiger partial charge in [-0.2, -0.15) is 0 Å². The molecule has 0 radical (unpaired) electrons. The van der Waals surface area contributed by atoms with Crippen LogP contribution in [0.2, 0.25) is 0 Å². The smallest absolute Gasteiger partial charge is 0.305 e. The highest BCUT2D eigenvalue weighted by Crippen LogP contribution is 2.33. The van der Waals surface area contributed by atoms with Crippen LogP contribution in [-0.2, 0) is 23.9 Å². The second kappa shape index (κ2) is 11.7. The number of nitrogens with one attached hydrogen (secondary N) is 1. The molecule has 0 aromatic rings. The normalized spacial score (nSPS) is 22.0. The quantitative estimate of drug-likeness (QED) is 0.353. The van der Waals surface area contributed by atoms with Crippen molar-refractivity contribution in [3.8, 4) is 0 Å². The predicted octanol–water partition coefficient (Wildman–Crippen LogP) is 1.72. The van der Waals surface area contributed by atoms with Crippen molar-refractivity contribution in [2.75, 3.05) is 39.5 Å². The SMILES string of the molecule is C=C(NCCOCCOCCC(=O)O)C1CCC(CN2C(=O)C=C(C)C2=O)CC1. The minimum atomic E-state index is -0.868. The van der Waals surface area contributed by atoms with Gasteiger partial charge in [0.05, 0.1) is 32.8 Å². The van der Waals surface area contributed by atoms with Crippen LogP contribution in [0.4, 0.5) is 0 Å². The van der Waals surface area contributed by atoms with E-state index in [0.29, 0.717) is 50.3 Å². The molecule has 0 spiro atoms. The Bertz CT molecular complexity index is 637. The van der Waals surface area contributed by atoms with Crippen molar-refractivity contribution in [1.29, 1.82) is 0 Å². The number of carbonyl (C=O) groups excluding carboxylic acids is 2. The van der Waals surface area contributed by atoms with Gasteiger partial charge < -0.3 is 19.9 Å². The van der Waals surface area contributed by atoms with Crippen LogP contribution >= 0.6 is 0 Å². The molecule has 0 bridgehead atoms. The van der Waals surface area contributed by atoms with E-state index in [1.807, 2.05) is 0 Å². The van der Waals surface area contributed by atoms with Gasteiger partial charge in [-0.25, -0.2) is 0 Å². The summed E-state index contributed by atoms with van der Waals surface area (Å²) in [6.45, 7) is 8.55. The number of carbonyl (C=O) groups is 3. The van der Waals surface area contributed by atoms with Crippen LogP contribution in [0.1, 0.15) is 39.0 Å². The van der Waals surface area contributed by atoms with Crippen molar-refractivity contribution >= 4 is 17.8 Å². The van der Waals surface area contributed by atoms with Gasteiger partial charge in [-0.15, -0.1) is 0 Å². The van der Waals surface area contributed by atoms with Crippen LogP contribution in [0.15, 0.2) is 23.9 Å². The van der Waals surface area contributed by atoms with E-state index in [4.69, 9.17) is 14.6 Å². The van der Waals surface area contributed by atoms with Gasteiger partial charge in [-0.3, -0.25) is 19.3 Å². The summed E-state index contributed by atoms with van der Waals surface area (Å²) in [5, 5.41) is 11.8. The van der Waals surface area contributed by atoms with Crippen molar-refractivity contribution in [1.82, 2.24) is 10.2 Å². The number of hydrogen-bond donors (Lipinski definition) is 2. The first kappa shape index (κ1) is 23.1. The Kier molecular flexibility index (Phi) is 9.34. The minimum Gasteiger partial charge on any atom is -0.481 e. The van der Waals surface area contributed by atoms with Crippen LogP contribution in [0.25, 0.3) is 0 Å². The van der Waals surface area contributed by atoms with Gasteiger partial charge in [0.25, 0.3) is 11.8 Å². The van der Waals surface area contributed by atoms with E-state index < -0.39 is 5.97 Å². The van der Waals surface area contributed by atoms with E-state index >= 15 is 0 Å². The van der Waals surface area contributed by atoms with E-state index in [0.717, 1.165) is 31.4 Å². The Morgan fingerprint density at radius 2 is 1.83 bits per heavy atom. The maximum atomic E-state index is 12.0. The predicted molar refractivity (Wildman–Crippen MR) is 107 cm³/mol. The van der Waals surface area contributed by atoms with Gasteiger partial charge in [0.2, 0.25) is 0 Å². The van der Waals surface area contributed by atoms with Gasteiger partial charge in [-0.1, -0.05) is 6.58 Å². The number of nitrogens with zero attached hydrogens (tertiary/aromatic N) is 1. The van der Waals surface area contributed by atoms with Crippen molar-refractivity contribution in [2.24, 2.45) is 11.8 Å². The van der Waals surface area contributed by atoms with Gasteiger partial charge in [0.1, 0.15) is 0 Å². The average molecular weight is 408 g/mol. The summed E-state index contributed by atoms with van der Waals surface area (Å²) < 4.78 is 10.6. The first-order valence-corrected chi connectivity index (χ1v) is 10.2. The molecule has 2 aliphatic rings. The highest BCUT2D eigenvalue weighted by Gasteiger charge is 2.32. The second-order valence-electron chi connectivity index (χ2n) is 7.62. The summed E-state index contributed by atoms with van der Waals surface area (Å²) in [7, 11) is 0. The summed E-state index contributed by atoms with van der Waals surface area (Å²) >= 11 is 0. The van der Waals surface area contributed by atoms with Crippen molar-refractivity contribution in [3.63, 3.8) is 0 Å². The molecule has 1 fully saturated rings. The molecular weight excluding hydrogens is 376 g/mol. The third-order valence-electron chi connectivity index (χ3n) is 5.40. The molecule has 1 aliphatic carbocycles. The van der Waals surface area contributed by atoms with Crippen molar-refractivity contribution < 1.29 is 29.0 Å². The molecular formula is C21H32N2O6. The number of carboxylic acids is 1. The molecule has 162 valence electrons. The zero-order valence-corrected chi connectivity index (χ0v) is 17.2. The molecule has 0 atom stereocenters. The Labute approximate surface area is 171 Å². The molecule has 8 heteroatoms. The summed E-state index contributed by atoms with van der Waals surface area (Å²) in [5.74, 6) is -0.456. The number of aliphatic carboxylic acids is 1. The maximum Gasteiger partial charge on any atom is 0.305 e. The molecule has 0 aromatic heterocycles. The first-order chi connectivity index (χ1) is 13.9. The Hall–Kier alpha value is -2.19. The van der Waals surface area contributed by atoms with E-state index in [2.05, 4.69) is 11.9 Å². The van der Waals surface area contributed by atoms with Crippen molar-refractivity contribution in [3.05, 3.63) is 23.9 Å². The Balaban J connectivity index is 1.52. The monoisotopic (exact) mass is 408 g/mol. The lowest BCUT2D eigenvalue weighted by atomic mass is 9.80. The van der Waals surface area contributed by atoms with Crippen LogP contribution in [-0.4, -0.2) is 67.3 Å². The molecule has 29 heavy (non-hydrogen) atoms. The molecule has 1 saturated carbocycles. The average Bonchev–Trinajstić information content (AvgIpc) is 2.93. The van der Waals surface area contributed by atoms with Crippen LogP contribution in [0.3, 0.4) is 0 Å². The van der Waals surface area contributed by atoms with E-state index in [1.54, 1.807) is 6.92 Å². The molecule has 1 aliphatic heterocycles. The number of allylic oxidation sites excluding steroid dienone is 1. The fourth-order valence-electron chi connectivity index (χ4n) is 3.67. The number of hydrogen-bond acceptors (Lipinski definition) is 6. The van der Waals surface area contributed by atoms with Crippen LogP contribution in [0.5, 0.6) is 0 Å². The fraction of sp³-hybridized carbons (Fsp3) is 0.667. The summed E-state index contributed by atoms with van der Waals surface area (Å²) in [6.07, 6.45) is 5.38. The van der Waals surface area contributed by atoms with Gasteiger partial charge >= 0.3 is 5.97 Å². The summed E-state index contributed by atoms with van der Waals surface area (Å²) in [6, 6.07) is 0. The van der Waals surface area contributed by atoms with Gasteiger partial charge in [0.15, 0.2) is 0 Å². The van der Waals surface area contributed by atoms with Gasteiger partial charge in [0, 0.05) is 30.4 Å². The lowest BCUT2D eigenvalue weighted by Gasteiger charge is -2.32. The number of imide groups is 1. The lowest BCUT2D eigenvalue weighted by molar-refractivity contribution is -0.139. The van der Waals surface area contributed by atoms with Crippen LogP contribution in [0, 0.1) is 11.8 Å². The lowest BCUT2D eigenvalue weighted by Crippen LogP contribution is -2.37. The molecule has 2 N–H and O–H groups in total. The molecule has 8 nitrogen and oxygen atoms in total. The number of rotatable bonds is 13. The molecule has 1 heterocycles. The minimum absolute atomic E-state index is 0.00476. The van der Waals surface area contributed by atoms with E-state index in [1.165, 1.54) is 11.0 Å². The standard InChI is InChI=1S/C21H32N2O6/c1-15-13-19(24)23(21(15)27)14-17-3-5-18(6-4-17)16(2)22-8-10-29-12-11-28-9-7-20(25)26/h13,17-18,22H,2-12,14H2,1H3,(H,25,26). The largest absolute Gasteiger partial charge is 0.481 e. The number of amides is 2. The zero-order valence-electron chi connectivity index (χ0n) is 17.2. The molecule has 0 unspecified atom stereocenters. The van der Waals surface area contributed by atoms with E-state index in [-0.39, 0.29) is 24.8 Å². The fourth-order valence-corrected chi connectivity index (χ4v) is 3.67. The van der Waals surface area contributed by atoms with E-state index in [9.17, 15) is 14.4 Å². The highest BCUT2D eigenvalue weighted by atomic mass is 16.5. The summed E-state index contributed by atoms with van der Waals surface area (Å²) in [4.78, 5) is 35.6. The number of carboxylic acid groups (broad SMARTS) is 1. The first-order valence-electron chi connectivity index (χ1n) is 10.2. The molecule has 2 amide bonds. The topological polar surface area (TPSA) is 105 Å². The molecule has 0 saturated heterocycles. The third-order valence-corrected chi connectivity index (χ3v) is 5.40. The van der Waals surface area contributed by atoms with Crippen LogP contribution < -0.4 is 5.32 Å². The highest BCUT2D eigenvalue weighted by molar-refractivity contribution is 6.15. The van der Waals surface area contributed by atoms with Gasteiger partial charge in [-0.05, 0) is 44.4 Å². The Morgan fingerprint density at radius 3 is 2.41 bits per heavy atom. The molecule has 0 aromatic carbocycles. The zero-order chi connectivity index (χ0) is 21.2. The van der Waals surface area contributed by atoms with Crippen molar-refractivity contribution in [2.45, 2.75) is 39.0 Å². The molecule has 2 rings (SSSR count). The third kappa shape index (κ3) is 7.62. The summed E-state index contributed by atoms with van der Waals surface area (Å²) in [5.41, 5.74) is 1.53. The second-order valence-corrected chi connectivity index (χ2v) is 7.62. The number of ether oxygens (including phenoxy) is 2. The maximum absolute atomic E-state index is 12.0.